The van der Waals surface area contributed by atoms with Crippen LogP contribution in [0.2, 0.25) is 0 Å². The van der Waals surface area contributed by atoms with Crippen molar-refractivity contribution in [2.24, 2.45) is 11.3 Å². The van der Waals surface area contributed by atoms with Crippen LogP contribution in [0.3, 0.4) is 0 Å². The predicted octanol–water partition coefficient (Wildman–Crippen LogP) is 1.72. The summed E-state index contributed by atoms with van der Waals surface area (Å²) in [6, 6.07) is 2.10. The molecule has 0 aliphatic carbocycles. The maximum atomic E-state index is 11.4. The topological polar surface area (TPSA) is 64.3 Å². The first-order valence-corrected chi connectivity index (χ1v) is 5.85. The number of hydrogen-bond acceptors (Lipinski definition) is 3. The molecule has 0 saturated carbocycles. The van der Waals surface area contributed by atoms with Crippen molar-refractivity contribution in [3.05, 3.63) is 0 Å². The van der Waals surface area contributed by atoms with E-state index in [9.17, 15) is 9.90 Å². The highest BCUT2D eigenvalue weighted by molar-refractivity contribution is 5.75. The van der Waals surface area contributed by atoms with Crippen LogP contribution in [-0.2, 0) is 4.79 Å². The summed E-state index contributed by atoms with van der Waals surface area (Å²) in [6.45, 7) is 7.09. The first kappa shape index (κ1) is 13.0. The van der Waals surface area contributed by atoms with E-state index in [-0.39, 0.29) is 12.0 Å². The van der Waals surface area contributed by atoms with Gasteiger partial charge in [0.15, 0.2) is 0 Å². The molecule has 4 heteroatoms. The quantitative estimate of drug-likeness (QED) is 0.789. The van der Waals surface area contributed by atoms with Crippen LogP contribution < -0.4 is 0 Å². The minimum absolute atomic E-state index is 0.103. The van der Waals surface area contributed by atoms with E-state index < -0.39 is 11.4 Å². The van der Waals surface area contributed by atoms with E-state index in [2.05, 4.69) is 6.07 Å². The number of carbonyl (C=O) groups is 1. The van der Waals surface area contributed by atoms with Crippen LogP contribution in [0.25, 0.3) is 0 Å². The van der Waals surface area contributed by atoms with Gasteiger partial charge in [0.25, 0.3) is 0 Å². The van der Waals surface area contributed by atoms with Crippen molar-refractivity contribution >= 4 is 5.97 Å². The Hall–Kier alpha value is -1.08. The summed E-state index contributed by atoms with van der Waals surface area (Å²) in [4.78, 5) is 13.4. The molecule has 1 fully saturated rings. The molecule has 1 rings (SSSR count). The molecule has 16 heavy (non-hydrogen) atoms. The number of hydrogen-bond donors (Lipinski definition) is 1. The van der Waals surface area contributed by atoms with Gasteiger partial charge in [-0.25, -0.2) is 0 Å². The molecule has 1 saturated heterocycles. The van der Waals surface area contributed by atoms with Gasteiger partial charge in [0.1, 0.15) is 0 Å². The fourth-order valence-corrected chi connectivity index (χ4v) is 2.45. The molecule has 0 bridgehead atoms. The lowest BCUT2D eigenvalue weighted by Crippen LogP contribution is -2.41. The lowest BCUT2D eigenvalue weighted by Gasteiger charge is -2.29. The van der Waals surface area contributed by atoms with Gasteiger partial charge in [-0.05, 0) is 18.8 Å². The third kappa shape index (κ3) is 2.05. The van der Waals surface area contributed by atoms with Gasteiger partial charge in [-0.1, -0.05) is 20.8 Å². The molecule has 1 aliphatic heterocycles. The zero-order valence-electron chi connectivity index (χ0n) is 10.2. The highest BCUT2D eigenvalue weighted by Gasteiger charge is 2.48. The van der Waals surface area contributed by atoms with Gasteiger partial charge in [0.2, 0.25) is 0 Å². The van der Waals surface area contributed by atoms with Gasteiger partial charge in [0.05, 0.1) is 17.5 Å². The van der Waals surface area contributed by atoms with Crippen molar-refractivity contribution in [2.75, 3.05) is 13.1 Å². The van der Waals surface area contributed by atoms with E-state index in [0.29, 0.717) is 13.0 Å². The average molecular weight is 224 g/mol. The van der Waals surface area contributed by atoms with E-state index in [1.54, 1.807) is 0 Å². The van der Waals surface area contributed by atoms with E-state index in [4.69, 9.17) is 5.26 Å². The van der Waals surface area contributed by atoms with Gasteiger partial charge >= 0.3 is 5.97 Å². The molecule has 0 radical (unpaired) electrons. The molecule has 1 heterocycles. The van der Waals surface area contributed by atoms with Gasteiger partial charge in [-0.3, -0.25) is 9.69 Å². The lowest BCUT2D eigenvalue weighted by molar-refractivity contribution is -0.151. The number of carboxylic acid groups (broad SMARTS) is 1. The van der Waals surface area contributed by atoms with E-state index in [1.165, 1.54) is 0 Å². The van der Waals surface area contributed by atoms with Crippen LogP contribution in [0.1, 0.15) is 33.6 Å². The summed E-state index contributed by atoms with van der Waals surface area (Å²) in [6.07, 6.45) is 1.41. The molecule has 0 aromatic rings. The largest absolute Gasteiger partial charge is 0.481 e. The Morgan fingerprint density at radius 3 is 2.56 bits per heavy atom. The zero-order valence-corrected chi connectivity index (χ0v) is 10.2. The maximum Gasteiger partial charge on any atom is 0.311 e. The van der Waals surface area contributed by atoms with Crippen molar-refractivity contribution in [3.63, 3.8) is 0 Å². The summed E-state index contributed by atoms with van der Waals surface area (Å²) < 4.78 is 0. The standard InChI is InChI=1S/C12H20N2O2/c1-4-10(7-13)14-6-5-12(8-14,9(2)3)11(15)16/h9-10H,4-6,8H2,1-3H3,(H,15,16). The zero-order chi connectivity index (χ0) is 12.3. The monoisotopic (exact) mass is 224 g/mol. The minimum atomic E-state index is -0.724. The highest BCUT2D eigenvalue weighted by Crippen LogP contribution is 2.39. The Morgan fingerprint density at radius 1 is 1.62 bits per heavy atom. The third-order valence-corrected chi connectivity index (χ3v) is 3.84. The fourth-order valence-electron chi connectivity index (χ4n) is 2.45. The van der Waals surface area contributed by atoms with Crippen LogP contribution in [-0.4, -0.2) is 35.1 Å². The number of likely N-dealkylation sites (tertiary alicyclic amines) is 1. The molecule has 0 aromatic carbocycles. The van der Waals surface area contributed by atoms with Crippen LogP contribution >= 0.6 is 0 Å². The molecule has 1 aliphatic rings. The summed E-state index contributed by atoms with van der Waals surface area (Å²) in [5.41, 5.74) is -0.662. The molecule has 0 spiro atoms. The number of rotatable bonds is 4. The summed E-state index contributed by atoms with van der Waals surface area (Å²) in [5, 5.41) is 18.4. The smallest absolute Gasteiger partial charge is 0.311 e. The third-order valence-electron chi connectivity index (χ3n) is 3.84. The molecule has 0 aromatic heterocycles. The van der Waals surface area contributed by atoms with Crippen molar-refractivity contribution < 1.29 is 9.90 Å². The second-order valence-electron chi connectivity index (χ2n) is 4.89. The van der Waals surface area contributed by atoms with Gasteiger partial charge in [-0.15, -0.1) is 0 Å². The second-order valence-corrected chi connectivity index (χ2v) is 4.89. The van der Waals surface area contributed by atoms with Crippen LogP contribution in [0, 0.1) is 22.7 Å². The molecule has 1 N–H and O–H groups in total. The first-order valence-electron chi connectivity index (χ1n) is 5.85. The minimum Gasteiger partial charge on any atom is -0.481 e. The van der Waals surface area contributed by atoms with Gasteiger partial charge < -0.3 is 5.11 Å². The van der Waals surface area contributed by atoms with E-state index >= 15 is 0 Å². The van der Waals surface area contributed by atoms with E-state index in [1.807, 2.05) is 25.7 Å². The molecule has 2 atom stereocenters. The number of aliphatic carboxylic acids is 1. The maximum absolute atomic E-state index is 11.4. The number of carboxylic acids is 1. The molecule has 90 valence electrons. The van der Waals surface area contributed by atoms with Crippen molar-refractivity contribution in [1.29, 1.82) is 5.26 Å². The number of nitrogens with zero attached hydrogens (tertiary/aromatic N) is 2. The Morgan fingerprint density at radius 2 is 2.25 bits per heavy atom. The molecular formula is C12H20N2O2. The molecular weight excluding hydrogens is 204 g/mol. The van der Waals surface area contributed by atoms with Crippen molar-refractivity contribution in [1.82, 2.24) is 4.90 Å². The Labute approximate surface area is 96.9 Å². The van der Waals surface area contributed by atoms with Crippen molar-refractivity contribution in [2.45, 2.75) is 39.7 Å². The summed E-state index contributed by atoms with van der Waals surface area (Å²) >= 11 is 0. The number of nitriles is 1. The molecule has 4 nitrogen and oxygen atoms in total. The fraction of sp³-hybridized carbons (Fsp3) is 0.833. The Bertz CT molecular complexity index is 309. The van der Waals surface area contributed by atoms with E-state index in [0.717, 1.165) is 13.0 Å². The van der Waals surface area contributed by atoms with Crippen LogP contribution in [0.5, 0.6) is 0 Å². The van der Waals surface area contributed by atoms with Crippen molar-refractivity contribution in [3.8, 4) is 6.07 Å². The Balaban J connectivity index is 2.83. The predicted molar refractivity (Wildman–Crippen MR) is 60.8 cm³/mol. The lowest BCUT2D eigenvalue weighted by atomic mass is 9.76. The van der Waals surface area contributed by atoms with Crippen LogP contribution in [0.15, 0.2) is 0 Å². The highest BCUT2D eigenvalue weighted by atomic mass is 16.4. The first-order chi connectivity index (χ1) is 7.47. The SMILES string of the molecule is CCC(C#N)N1CCC(C(=O)O)(C(C)C)C1. The van der Waals surface area contributed by atoms with Gasteiger partial charge in [0, 0.05) is 13.1 Å². The summed E-state index contributed by atoms with van der Waals surface area (Å²) in [5.74, 6) is -0.621. The summed E-state index contributed by atoms with van der Waals surface area (Å²) in [7, 11) is 0. The average Bonchev–Trinajstić information content (AvgIpc) is 2.66. The Kier molecular flexibility index (Phi) is 3.93. The second kappa shape index (κ2) is 4.84. The molecule has 0 amide bonds. The normalized spacial score (nSPS) is 27.9. The van der Waals surface area contributed by atoms with Crippen LogP contribution in [0.4, 0.5) is 0 Å². The van der Waals surface area contributed by atoms with Gasteiger partial charge in [-0.2, -0.15) is 5.26 Å². The molecule has 2 unspecified atom stereocenters.